The quantitative estimate of drug-likeness (QED) is 0.632. The molecule has 0 bridgehead atoms. The first-order chi connectivity index (χ1) is 9.04. The summed E-state index contributed by atoms with van der Waals surface area (Å²) in [5.41, 5.74) is 0.261. The van der Waals surface area contributed by atoms with Crippen molar-refractivity contribution in [2.24, 2.45) is 0 Å². The van der Waals surface area contributed by atoms with Crippen LogP contribution >= 0.6 is 0 Å². The molecule has 0 aliphatic carbocycles. The first kappa shape index (κ1) is 13.4. The zero-order valence-corrected chi connectivity index (χ0v) is 10.2. The van der Waals surface area contributed by atoms with E-state index in [1.165, 1.54) is 12.1 Å². The van der Waals surface area contributed by atoms with Crippen molar-refractivity contribution in [3.8, 4) is 0 Å². The van der Waals surface area contributed by atoms with E-state index in [0.717, 1.165) is 6.07 Å². The van der Waals surface area contributed by atoms with Gasteiger partial charge in [0.25, 0.3) is 5.69 Å². The molecule has 1 aromatic rings. The smallest absolute Gasteiger partial charge is 0.272 e. The van der Waals surface area contributed by atoms with Crippen LogP contribution in [0, 0.1) is 15.9 Å². The number of halogens is 1. The number of nitro groups is 1. The minimum atomic E-state index is -0.622. The number of nitrogens with one attached hydrogen (secondary N) is 2. The van der Waals surface area contributed by atoms with E-state index >= 15 is 0 Å². The average Bonchev–Trinajstić information content (AvgIpc) is 2.37. The maximum atomic E-state index is 13.2. The van der Waals surface area contributed by atoms with E-state index in [0.29, 0.717) is 31.5 Å². The van der Waals surface area contributed by atoms with Gasteiger partial charge in [0, 0.05) is 31.6 Å². The molecule has 1 amide bonds. The Labute approximate surface area is 109 Å². The minimum Gasteiger partial charge on any atom is -0.355 e. The fraction of sp³-hybridized carbons (Fsp3) is 0.417. The van der Waals surface area contributed by atoms with Gasteiger partial charge in [-0.1, -0.05) is 0 Å². The molecule has 19 heavy (non-hydrogen) atoms. The third-order valence-corrected chi connectivity index (χ3v) is 3.01. The highest BCUT2D eigenvalue weighted by atomic mass is 19.1. The average molecular weight is 267 g/mol. The number of rotatable bonds is 4. The fourth-order valence-corrected chi connectivity index (χ4v) is 2.01. The van der Waals surface area contributed by atoms with Crippen molar-refractivity contribution in [1.29, 1.82) is 0 Å². The van der Waals surface area contributed by atoms with E-state index in [1.54, 1.807) is 0 Å². The summed E-state index contributed by atoms with van der Waals surface area (Å²) in [7, 11) is 0. The summed E-state index contributed by atoms with van der Waals surface area (Å²) < 4.78 is 13.2. The molecule has 1 fully saturated rings. The lowest BCUT2D eigenvalue weighted by Gasteiger charge is -2.23. The van der Waals surface area contributed by atoms with Crippen LogP contribution in [-0.4, -0.2) is 23.4 Å². The number of piperidine rings is 1. The predicted molar refractivity (Wildman–Crippen MR) is 65.9 cm³/mol. The van der Waals surface area contributed by atoms with Crippen LogP contribution in [0.5, 0.6) is 0 Å². The summed E-state index contributed by atoms with van der Waals surface area (Å²) >= 11 is 0. The molecule has 1 aliphatic rings. The Morgan fingerprint density at radius 2 is 2.26 bits per heavy atom. The highest BCUT2D eigenvalue weighted by Gasteiger charge is 2.17. The monoisotopic (exact) mass is 267 g/mol. The van der Waals surface area contributed by atoms with E-state index in [4.69, 9.17) is 0 Å². The topological polar surface area (TPSA) is 84.3 Å². The van der Waals surface area contributed by atoms with E-state index in [9.17, 15) is 19.3 Å². The lowest BCUT2D eigenvalue weighted by molar-refractivity contribution is -0.385. The van der Waals surface area contributed by atoms with Gasteiger partial charge in [-0.25, -0.2) is 4.39 Å². The number of nitro benzene ring substituents is 1. The van der Waals surface area contributed by atoms with E-state index in [-0.39, 0.29) is 17.6 Å². The number of non-ortho nitro benzene ring substituents is 1. The molecule has 1 aliphatic heterocycles. The molecule has 7 heteroatoms. The Bertz CT molecular complexity index is 497. The van der Waals surface area contributed by atoms with Gasteiger partial charge in [0.1, 0.15) is 5.82 Å². The molecule has 1 saturated heterocycles. The Kier molecular flexibility index (Phi) is 4.06. The molecule has 6 nitrogen and oxygen atoms in total. The standard InChI is InChI=1S/C12H14FN3O3/c13-9-3-8(4-11(5-9)16(18)19)6-14-10-1-2-12(17)15-7-10/h3-5,10,14H,1-2,6-7H2,(H,15,17). The van der Waals surface area contributed by atoms with Crippen molar-refractivity contribution in [2.75, 3.05) is 6.54 Å². The largest absolute Gasteiger partial charge is 0.355 e. The van der Waals surface area contributed by atoms with E-state index in [1.807, 2.05) is 0 Å². The SMILES string of the molecule is O=C1CCC(NCc2cc(F)cc([N+](=O)[O-])c2)CN1. The lowest BCUT2D eigenvalue weighted by Crippen LogP contribution is -2.45. The summed E-state index contributed by atoms with van der Waals surface area (Å²) in [6, 6.07) is 3.61. The first-order valence-electron chi connectivity index (χ1n) is 5.98. The Morgan fingerprint density at radius 1 is 1.47 bits per heavy atom. The van der Waals surface area contributed by atoms with Crippen LogP contribution in [0.1, 0.15) is 18.4 Å². The zero-order chi connectivity index (χ0) is 13.8. The number of benzene rings is 1. The van der Waals surface area contributed by atoms with Crippen molar-refractivity contribution in [2.45, 2.75) is 25.4 Å². The molecule has 0 saturated carbocycles. The van der Waals surface area contributed by atoms with Gasteiger partial charge in [0.15, 0.2) is 0 Å². The maximum absolute atomic E-state index is 13.2. The Morgan fingerprint density at radius 3 is 2.89 bits per heavy atom. The molecule has 1 heterocycles. The van der Waals surface area contributed by atoms with Gasteiger partial charge in [-0.15, -0.1) is 0 Å². The van der Waals surface area contributed by atoms with Gasteiger partial charge < -0.3 is 10.6 Å². The van der Waals surface area contributed by atoms with Crippen LogP contribution in [-0.2, 0) is 11.3 Å². The van der Waals surface area contributed by atoms with Crippen molar-refractivity contribution in [1.82, 2.24) is 10.6 Å². The number of amides is 1. The number of carbonyl (C=O) groups excluding carboxylic acids is 1. The molecular formula is C12H14FN3O3. The van der Waals surface area contributed by atoms with Crippen LogP contribution in [0.4, 0.5) is 10.1 Å². The molecule has 1 aromatic carbocycles. The van der Waals surface area contributed by atoms with Crippen LogP contribution in [0.15, 0.2) is 18.2 Å². The van der Waals surface area contributed by atoms with Crippen molar-refractivity contribution < 1.29 is 14.1 Å². The first-order valence-corrected chi connectivity index (χ1v) is 5.98. The third kappa shape index (κ3) is 3.72. The van der Waals surface area contributed by atoms with Gasteiger partial charge in [-0.05, 0) is 18.1 Å². The highest BCUT2D eigenvalue weighted by Crippen LogP contribution is 2.16. The second-order valence-corrected chi connectivity index (χ2v) is 4.50. The molecule has 2 rings (SSSR count). The third-order valence-electron chi connectivity index (χ3n) is 3.01. The van der Waals surface area contributed by atoms with E-state index in [2.05, 4.69) is 10.6 Å². The molecule has 0 aromatic heterocycles. The summed E-state index contributed by atoms with van der Waals surface area (Å²) in [6.45, 7) is 0.857. The molecule has 1 unspecified atom stereocenters. The zero-order valence-electron chi connectivity index (χ0n) is 10.2. The van der Waals surface area contributed by atoms with Crippen molar-refractivity contribution >= 4 is 11.6 Å². The highest BCUT2D eigenvalue weighted by molar-refractivity contribution is 5.76. The number of nitrogens with zero attached hydrogens (tertiary/aromatic N) is 1. The van der Waals surface area contributed by atoms with Crippen molar-refractivity contribution in [3.05, 3.63) is 39.7 Å². The molecule has 102 valence electrons. The van der Waals surface area contributed by atoms with E-state index < -0.39 is 10.7 Å². The molecular weight excluding hydrogens is 253 g/mol. The predicted octanol–water partition coefficient (Wildman–Crippen LogP) is 1.10. The molecule has 1 atom stereocenters. The second kappa shape index (κ2) is 5.75. The lowest BCUT2D eigenvalue weighted by atomic mass is 10.1. The summed E-state index contributed by atoms with van der Waals surface area (Å²) in [5.74, 6) is -0.595. The number of hydrogen-bond donors (Lipinski definition) is 2. The van der Waals surface area contributed by atoms with Gasteiger partial charge in [0.05, 0.1) is 11.0 Å². The second-order valence-electron chi connectivity index (χ2n) is 4.50. The minimum absolute atomic E-state index is 0.0273. The van der Waals surface area contributed by atoms with Crippen LogP contribution in [0.3, 0.4) is 0 Å². The van der Waals surface area contributed by atoms with Gasteiger partial charge in [-0.3, -0.25) is 14.9 Å². The summed E-state index contributed by atoms with van der Waals surface area (Å²) in [4.78, 5) is 21.0. The van der Waals surface area contributed by atoms with Crippen molar-refractivity contribution in [3.63, 3.8) is 0 Å². The fourth-order valence-electron chi connectivity index (χ4n) is 2.01. The summed E-state index contributed by atoms with van der Waals surface area (Å²) in [6.07, 6.45) is 1.17. The molecule has 0 radical (unpaired) electrons. The summed E-state index contributed by atoms with van der Waals surface area (Å²) in [5, 5.41) is 16.5. The van der Waals surface area contributed by atoms with Crippen LogP contribution in [0.25, 0.3) is 0 Å². The van der Waals surface area contributed by atoms with Crippen LogP contribution in [0.2, 0.25) is 0 Å². The molecule has 0 spiro atoms. The van der Waals surface area contributed by atoms with Gasteiger partial charge in [-0.2, -0.15) is 0 Å². The maximum Gasteiger partial charge on any atom is 0.272 e. The Hall–Kier alpha value is -2.02. The number of carbonyl (C=O) groups is 1. The number of hydrogen-bond acceptors (Lipinski definition) is 4. The van der Waals surface area contributed by atoms with Gasteiger partial charge in [0.2, 0.25) is 5.91 Å². The Balaban J connectivity index is 1.95. The van der Waals surface area contributed by atoms with Gasteiger partial charge >= 0.3 is 0 Å². The normalized spacial score (nSPS) is 19.0. The van der Waals surface area contributed by atoms with Crippen LogP contribution < -0.4 is 10.6 Å². The molecule has 2 N–H and O–H groups in total.